The van der Waals surface area contributed by atoms with Gasteiger partial charge in [-0.1, -0.05) is 30.3 Å². The Bertz CT molecular complexity index is 637. The van der Waals surface area contributed by atoms with Crippen LogP contribution in [0.1, 0.15) is 32.8 Å². The van der Waals surface area contributed by atoms with Crippen molar-refractivity contribution in [1.29, 1.82) is 0 Å². The molecule has 0 spiro atoms. The first-order valence-electron chi connectivity index (χ1n) is 8.22. The van der Waals surface area contributed by atoms with E-state index in [2.05, 4.69) is 0 Å². The van der Waals surface area contributed by atoms with Gasteiger partial charge >= 0.3 is 11.9 Å². The Kier molecular flexibility index (Phi) is 5.47. The average molecular weight is 349 g/mol. The molecule has 1 heterocycles. The molecule has 136 valence electrons. The van der Waals surface area contributed by atoms with Crippen LogP contribution in [0.3, 0.4) is 0 Å². The van der Waals surface area contributed by atoms with Gasteiger partial charge in [0.15, 0.2) is 0 Å². The molecule has 1 aliphatic heterocycles. The Morgan fingerprint density at radius 3 is 2.12 bits per heavy atom. The number of amides is 1. The van der Waals surface area contributed by atoms with Crippen LogP contribution >= 0.6 is 0 Å². The van der Waals surface area contributed by atoms with E-state index in [1.807, 2.05) is 6.07 Å². The number of carbonyl (C=O) groups excluding carboxylic acids is 3. The van der Waals surface area contributed by atoms with E-state index in [1.54, 1.807) is 38.1 Å². The van der Waals surface area contributed by atoms with E-state index < -0.39 is 29.0 Å². The molecule has 25 heavy (non-hydrogen) atoms. The minimum Gasteiger partial charge on any atom is -0.464 e. The standard InChI is InChI=1S/C18H23NO6/c1-4-24-15(21)18(16(22)25-5-2)17(3,23)11-14(20)19(18)12-13-9-7-6-8-10-13/h6-10,23H,4-5,11-12H2,1-3H3. The Balaban J connectivity index is 2.57. The van der Waals surface area contributed by atoms with Gasteiger partial charge in [-0.25, -0.2) is 9.59 Å². The highest BCUT2D eigenvalue weighted by Gasteiger charge is 2.71. The second kappa shape index (κ2) is 7.23. The molecule has 1 N–H and O–H groups in total. The summed E-state index contributed by atoms with van der Waals surface area (Å²) in [5, 5.41) is 10.9. The van der Waals surface area contributed by atoms with E-state index >= 15 is 0 Å². The lowest BCUT2D eigenvalue weighted by molar-refractivity contribution is -0.188. The number of aliphatic hydroxyl groups is 1. The zero-order valence-corrected chi connectivity index (χ0v) is 14.7. The van der Waals surface area contributed by atoms with E-state index in [0.717, 1.165) is 4.90 Å². The minimum absolute atomic E-state index is 0.00341. The van der Waals surface area contributed by atoms with Crippen LogP contribution in [-0.2, 0) is 30.4 Å². The predicted molar refractivity (Wildman–Crippen MR) is 88.2 cm³/mol. The Labute approximate surface area is 146 Å². The van der Waals surface area contributed by atoms with Crippen LogP contribution < -0.4 is 0 Å². The summed E-state index contributed by atoms with van der Waals surface area (Å²) >= 11 is 0. The zero-order chi connectivity index (χ0) is 18.7. The van der Waals surface area contributed by atoms with Crippen LogP contribution in [0, 0.1) is 0 Å². The lowest BCUT2D eigenvalue weighted by Gasteiger charge is -2.40. The Morgan fingerprint density at radius 1 is 1.12 bits per heavy atom. The van der Waals surface area contributed by atoms with Gasteiger partial charge in [0, 0.05) is 6.54 Å². The van der Waals surface area contributed by atoms with Crippen LogP contribution in [0.2, 0.25) is 0 Å². The molecule has 0 saturated carbocycles. The van der Waals surface area contributed by atoms with Gasteiger partial charge in [0.25, 0.3) is 5.54 Å². The van der Waals surface area contributed by atoms with Crippen molar-refractivity contribution in [3.8, 4) is 0 Å². The highest BCUT2D eigenvalue weighted by atomic mass is 16.6. The third-order valence-corrected chi connectivity index (χ3v) is 4.31. The van der Waals surface area contributed by atoms with Crippen molar-refractivity contribution >= 4 is 17.8 Å². The van der Waals surface area contributed by atoms with Crippen molar-refractivity contribution in [3.05, 3.63) is 35.9 Å². The van der Waals surface area contributed by atoms with E-state index in [9.17, 15) is 19.5 Å². The molecule has 0 aromatic heterocycles. The second-order valence-corrected chi connectivity index (χ2v) is 6.07. The third-order valence-electron chi connectivity index (χ3n) is 4.31. The highest BCUT2D eigenvalue weighted by molar-refractivity contribution is 6.12. The average Bonchev–Trinajstić information content (AvgIpc) is 2.75. The molecule has 1 unspecified atom stereocenters. The smallest absolute Gasteiger partial charge is 0.347 e. The van der Waals surface area contributed by atoms with Gasteiger partial charge in [0.05, 0.1) is 19.6 Å². The monoisotopic (exact) mass is 349 g/mol. The lowest BCUT2D eigenvalue weighted by Crippen LogP contribution is -2.68. The number of esters is 2. The maximum atomic E-state index is 12.8. The van der Waals surface area contributed by atoms with E-state index in [0.29, 0.717) is 5.56 Å². The zero-order valence-electron chi connectivity index (χ0n) is 14.7. The quantitative estimate of drug-likeness (QED) is 0.609. The summed E-state index contributed by atoms with van der Waals surface area (Å²) in [6.07, 6.45) is -0.378. The largest absolute Gasteiger partial charge is 0.464 e. The van der Waals surface area contributed by atoms with Crippen molar-refractivity contribution in [2.75, 3.05) is 13.2 Å². The first kappa shape index (κ1) is 18.9. The fourth-order valence-corrected chi connectivity index (χ4v) is 3.18. The van der Waals surface area contributed by atoms with Crippen LogP contribution in [0.5, 0.6) is 0 Å². The first-order chi connectivity index (χ1) is 11.8. The number of rotatable bonds is 6. The number of carbonyl (C=O) groups is 3. The van der Waals surface area contributed by atoms with Crippen molar-refractivity contribution in [2.45, 2.75) is 44.9 Å². The summed E-state index contributed by atoms with van der Waals surface area (Å²) in [5.74, 6) is -2.49. The molecule has 1 amide bonds. The molecule has 1 saturated heterocycles. The van der Waals surface area contributed by atoms with E-state index in [4.69, 9.17) is 9.47 Å². The molecule has 1 aromatic carbocycles. The van der Waals surface area contributed by atoms with Gasteiger partial charge in [-0.05, 0) is 26.3 Å². The summed E-state index contributed by atoms with van der Waals surface area (Å²) in [6, 6.07) is 8.91. The number of ether oxygens (including phenoxy) is 2. The number of nitrogens with zero attached hydrogens (tertiary/aromatic N) is 1. The van der Waals surface area contributed by atoms with Crippen molar-refractivity contribution in [2.24, 2.45) is 0 Å². The maximum Gasteiger partial charge on any atom is 0.347 e. The molecule has 1 aliphatic rings. The molecular formula is C18H23NO6. The molecule has 0 aliphatic carbocycles. The molecular weight excluding hydrogens is 326 g/mol. The fourth-order valence-electron chi connectivity index (χ4n) is 3.18. The fraction of sp³-hybridized carbons (Fsp3) is 0.500. The second-order valence-electron chi connectivity index (χ2n) is 6.07. The topological polar surface area (TPSA) is 93.1 Å². The molecule has 7 heteroatoms. The Morgan fingerprint density at radius 2 is 1.64 bits per heavy atom. The molecule has 1 fully saturated rings. The number of hydrogen-bond acceptors (Lipinski definition) is 6. The van der Waals surface area contributed by atoms with Crippen LogP contribution in [0.25, 0.3) is 0 Å². The van der Waals surface area contributed by atoms with Gasteiger partial charge in [0.2, 0.25) is 5.91 Å². The summed E-state index contributed by atoms with van der Waals surface area (Å²) in [7, 11) is 0. The maximum absolute atomic E-state index is 12.8. The predicted octanol–water partition coefficient (Wildman–Crippen LogP) is 1.03. The molecule has 7 nitrogen and oxygen atoms in total. The van der Waals surface area contributed by atoms with Gasteiger partial charge < -0.3 is 19.5 Å². The van der Waals surface area contributed by atoms with Gasteiger partial charge in [-0.2, -0.15) is 0 Å². The van der Waals surface area contributed by atoms with Gasteiger partial charge in [-0.3, -0.25) is 4.79 Å². The molecule has 1 atom stereocenters. The summed E-state index contributed by atoms with van der Waals surface area (Å²) < 4.78 is 10.1. The van der Waals surface area contributed by atoms with E-state index in [1.165, 1.54) is 6.92 Å². The summed E-state index contributed by atoms with van der Waals surface area (Å²) in [4.78, 5) is 39.2. The molecule has 1 aromatic rings. The number of hydrogen-bond donors (Lipinski definition) is 1. The van der Waals surface area contributed by atoms with Crippen LogP contribution in [-0.4, -0.2) is 52.2 Å². The minimum atomic E-state index is -2.23. The van der Waals surface area contributed by atoms with Crippen molar-refractivity contribution < 1.29 is 29.0 Å². The highest BCUT2D eigenvalue weighted by Crippen LogP contribution is 2.42. The van der Waals surface area contributed by atoms with Crippen LogP contribution in [0.15, 0.2) is 30.3 Å². The lowest BCUT2D eigenvalue weighted by atomic mass is 9.81. The molecule has 0 bridgehead atoms. The number of likely N-dealkylation sites (tertiary alicyclic amines) is 1. The Hall–Kier alpha value is -2.41. The summed E-state index contributed by atoms with van der Waals surface area (Å²) in [6.45, 7) is 4.44. The van der Waals surface area contributed by atoms with Gasteiger partial charge in [-0.15, -0.1) is 0 Å². The first-order valence-corrected chi connectivity index (χ1v) is 8.22. The molecule has 2 rings (SSSR count). The third kappa shape index (κ3) is 3.11. The SMILES string of the molecule is CCOC(=O)C1(C(=O)OCC)N(Cc2ccccc2)C(=O)CC1(C)O. The summed E-state index contributed by atoms with van der Waals surface area (Å²) in [5.41, 5.74) is -3.46. The van der Waals surface area contributed by atoms with Crippen molar-refractivity contribution in [3.63, 3.8) is 0 Å². The normalized spacial score (nSPS) is 21.9. The number of benzene rings is 1. The van der Waals surface area contributed by atoms with E-state index in [-0.39, 0.29) is 26.2 Å². The molecule has 0 radical (unpaired) electrons. The van der Waals surface area contributed by atoms with Gasteiger partial charge in [0.1, 0.15) is 5.60 Å². The van der Waals surface area contributed by atoms with Crippen LogP contribution in [0.4, 0.5) is 0 Å². The van der Waals surface area contributed by atoms with Crippen molar-refractivity contribution in [1.82, 2.24) is 4.90 Å².